The largest absolute Gasteiger partial charge is 0.436 e. The van der Waals surface area contributed by atoms with Crippen LogP contribution in [0.25, 0.3) is 5.65 Å². The van der Waals surface area contributed by atoms with Gasteiger partial charge in [0.15, 0.2) is 0 Å². The number of hydrogen-bond donors (Lipinski definition) is 0. The van der Waals surface area contributed by atoms with Crippen molar-refractivity contribution in [2.75, 3.05) is 0 Å². The maximum atomic E-state index is 5.76. The highest BCUT2D eigenvalue weighted by atomic mass is 79.9. The van der Waals surface area contributed by atoms with Crippen LogP contribution in [0.3, 0.4) is 0 Å². The molecule has 3 rings (SSSR count). The molecule has 1 aromatic carbocycles. The van der Waals surface area contributed by atoms with E-state index < -0.39 is 0 Å². The Balaban J connectivity index is 2.10. The third kappa shape index (κ3) is 2.09. The second-order valence-electron chi connectivity index (χ2n) is 3.90. The number of rotatable bonds is 2. The maximum absolute atomic E-state index is 5.76. The summed E-state index contributed by atoms with van der Waals surface area (Å²) in [6.07, 6.45) is 3.78. The Morgan fingerprint density at radius 1 is 1.11 bits per heavy atom. The molecule has 0 saturated carbocycles. The molecular formula is C13H10BrN3O. The van der Waals surface area contributed by atoms with Crippen molar-refractivity contribution >= 4 is 21.6 Å². The smallest absolute Gasteiger partial charge is 0.264 e. The molecular weight excluding hydrogens is 294 g/mol. The summed E-state index contributed by atoms with van der Waals surface area (Å²) in [5.41, 5.74) is 1.63. The monoisotopic (exact) mass is 303 g/mol. The average molecular weight is 304 g/mol. The van der Waals surface area contributed by atoms with Gasteiger partial charge in [0.2, 0.25) is 5.65 Å². The number of aryl methyl sites for hydroxylation is 1. The molecule has 18 heavy (non-hydrogen) atoms. The van der Waals surface area contributed by atoms with Crippen LogP contribution in [0.2, 0.25) is 0 Å². The molecule has 0 bridgehead atoms. The Bertz CT molecular complexity index is 694. The van der Waals surface area contributed by atoms with Crippen molar-refractivity contribution in [1.82, 2.24) is 14.4 Å². The fraction of sp³-hybridized carbons (Fsp3) is 0.0769. The van der Waals surface area contributed by atoms with Crippen molar-refractivity contribution in [3.63, 3.8) is 0 Å². The first-order valence-corrected chi connectivity index (χ1v) is 6.26. The zero-order chi connectivity index (χ0) is 12.5. The Kier molecular flexibility index (Phi) is 2.76. The minimum Gasteiger partial charge on any atom is -0.436 e. The van der Waals surface area contributed by atoms with E-state index in [1.165, 1.54) is 0 Å². The van der Waals surface area contributed by atoms with Gasteiger partial charge >= 0.3 is 0 Å². The van der Waals surface area contributed by atoms with Gasteiger partial charge in [-0.3, -0.25) is 4.40 Å². The third-order valence-electron chi connectivity index (χ3n) is 2.46. The molecule has 0 unspecified atom stereocenters. The van der Waals surface area contributed by atoms with Gasteiger partial charge in [0.25, 0.3) is 5.88 Å². The van der Waals surface area contributed by atoms with E-state index in [2.05, 4.69) is 25.9 Å². The van der Waals surface area contributed by atoms with E-state index in [1.54, 1.807) is 0 Å². The first-order chi connectivity index (χ1) is 8.72. The number of halogens is 1. The van der Waals surface area contributed by atoms with Crippen LogP contribution in [-0.2, 0) is 0 Å². The molecule has 0 aliphatic carbocycles. The zero-order valence-electron chi connectivity index (χ0n) is 9.67. The molecule has 0 amide bonds. The maximum Gasteiger partial charge on any atom is 0.264 e. The lowest BCUT2D eigenvalue weighted by Gasteiger charge is -2.06. The Morgan fingerprint density at radius 2 is 1.89 bits per heavy atom. The SMILES string of the molecule is Cc1cn2cc(Br)nc(Oc3ccccc3)c2n1. The van der Waals surface area contributed by atoms with Crippen LogP contribution in [0.1, 0.15) is 5.69 Å². The molecule has 0 aliphatic heterocycles. The number of imidazole rings is 1. The number of benzene rings is 1. The molecule has 90 valence electrons. The highest BCUT2D eigenvalue weighted by Crippen LogP contribution is 2.25. The van der Waals surface area contributed by atoms with Crippen molar-refractivity contribution < 1.29 is 4.74 Å². The van der Waals surface area contributed by atoms with Crippen molar-refractivity contribution in [3.8, 4) is 11.6 Å². The van der Waals surface area contributed by atoms with E-state index in [0.29, 0.717) is 16.1 Å². The summed E-state index contributed by atoms with van der Waals surface area (Å²) in [5, 5.41) is 0. The second kappa shape index (κ2) is 4.42. The molecule has 0 N–H and O–H groups in total. The number of fused-ring (bicyclic) bond motifs is 1. The lowest BCUT2D eigenvalue weighted by atomic mass is 10.3. The summed E-state index contributed by atoms with van der Waals surface area (Å²) >= 11 is 3.37. The normalized spacial score (nSPS) is 10.8. The lowest BCUT2D eigenvalue weighted by Crippen LogP contribution is -1.94. The average Bonchev–Trinajstić information content (AvgIpc) is 2.71. The van der Waals surface area contributed by atoms with Gasteiger partial charge in [0.05, 0.1) is 5.69 Å². The van der Waals surface area contributed by atoms with Crippen molar-refractivity contribution in [2.45, 2.75) is 6.92 Å². The third-order valence-corrected chi connectivity index (χ3v) is 2.84. The van der Waals surface area contributed by atoms with E-state index in [9.17, 15) is 0 Å². The molecule has 0 atom stereocenters. The van der Waals surface area contributed by atoms with Crippen molar-refractivity contribution in [3.05, 3.63) is 53.0 Å². The van der Waals surface area contributed by atoms with Gasteiger partial charge in [-0.05, 0) is 35.0 Å². The topological polar surface area (TPSA) is 39.4 Å². The van der Waals surface area contributed by atoms with Crippen LogP contribution in [-0.4, -0.2) is 14.4 Å². The van der Waals surface area contributed by atoms with E-state index >= 15 is 0 Å². The molecule has 2 heterocycles. The Labute approximate surface area is 112 Å². The fourth-order valence-electron chi connectivity index (χ4n) is 1.73. The van der Waals surface area contributed by atoms with Gasteiger partial charge in [-0.1, -0.05) is 18.2 Å². The van der Waals surface area contributed by atoms with Crippen LogP contribution >= 0.6 is 15.9 Å². The van der Waals surface area contributed by atoms with Crippen LogP contribution in [0.5, 0.6) is 11.6 Å². The summed E-state index contributed by atoms with van der Waals surface area (Å²) in [7, 11) is 0. The summed E-state index contributed by atoms with van der Waals surface area (Å²) < 4.78 is 8.36. The minimum atomic E-state index is 0.490. The van der Waals surface area contributed by atoms with Gasteiger partial charge in [-0.15, -0.1) is 0 Å². The molecule has 3 aromatic rings. The Hall–Kier alpha value is -1.88. The number of ether oxygens (including phenoxy) is 1. The lowest BCUT2D eigenvalue weighted by molar-refractivity contribution is 0.463. The van der Waals surface area contributed by atoms with Crippen molar-refractivity contribution in [1.29, 1.82) is 0 Å². The van der Waals surface area contributed by atoms with Gasteiger partial charge in [-0.2, -0.15) is 0 Å². The molecule has 5 heteroatoms. The number of aromatic nitrogens is 3. The number of hydrogen-bond acceptors (Lipinski definition) is 3. The fourth-order valence-corrected chi connectivity index (χ4v) is 2.11. The van der Waals surface area contributed by atoms with Crippen LogP contribution in [0.4, 0.5) is 0 Å². The second-order valence-corrected chi connectivity index (χ2v) is 4.71. The number of para-hydroxylation sites is 1. The highest BCUT2D eigenvalue weighted by Gasteiger charge is 2.10. The van der Waals surface area contributed by atoms with E-state index in [1.807, 2.05) is 54.0 Å². The summed E-state index contributed by atoms with van der Waals surface area (Å²) in [6.45, 7) is 1.94. The summed E-state index contributed by atoms with van der Waals surface area (Å²) in [6, 6.07) is 9.54. The highest BCUT2D eigenvalue weighted by molar-refractivity contribution is 9.10. The molecule has 4 nitrogen and oxygen atoms in total. The molecule has 0 saturated heterocycles. The summed E-state index contributed by atoms with van der Waals surface area (Å²) in [5.74, 6) is 1.23. The van der Waals surface area contributed by atoms with Crippen LogP contribution < -0.4 is 4.74 Å². The Morgan fingerprint density at radius 3 is 2.67 bits per heavy atom. The van der Waals surface area contributed by atoms with Crippen LogP contribution in [0, 0.1) is 6.92 Å². The predicted octanol–water partition coefficient (Wildman–Crippen LogP) is 3.59. The number of nitrogens with zero attached hydrogens (tertiary/aromatic N) is 3. The van der Waals surface area contributed by atoms with Gasteiger partial charge in [-0.25, -0.2) is 9.97 Å². The van der Waals surface area contributed by atoms with Gasteiger partial charge in [0, 0.05) is 12.4 Å². The van der Waals surface area contributed by atoms with E-state index in [0.717, 1.165) is 11.4 Å². The first-order valence-electron chi connectivity index (χ1n) is 5.47. The predicted molar refractivity (Wildman–Crippen MR) is 71.9 cm³/mol. The molecule has 0 radical (unpaired) electrons. The van der Waals surface area contributed by atoms with Gasteiger partial charge < -0.3 is 4.74 Å². The van der Waals surface area contributed by atoms with E-state index in [4.69, 9.17) is 4.74 Å². The first kappa shape index (κ1) is 11.2. The van der Waals surface area contributed by atoms with Crippen molar-refractivity contribution in [2.24, 2.45) is 0 Å². The summed E-state index contributed by atoms with van der Waals surface area (Å²) in [4.78, 5) is 8.73. The molecule has 2 aromatic heterocycles. The molecule has 0 spiro atoms. The molecule has 0 fully saturated rings. The zero-order valence-corrected chi connectivity index (χ0v) is 11.3. The van der Waals surface area contributed by atoms with Crippen LogP contribution in [0.15, 0.2) is 47.3 Å². The quantitative estimate of drug-likeness (QED) is 0.726. The van der Waals surface area contributed by atoms with E-state index in [-0.39, 0.29) is 0 Å². The molecule has 0 aliphatic rings. The minimum absolute atomic E-state index is 0.490. The van der Waals surface area contributed by atoms with Gasteiger partial charge in [0.1, 0.15) is 10.4 Å². The standard InChI is InChI=1S/C13H10BrN3O/c1-9-7-17-8-11(14)16-13(12(17)15-9)18-10-5-3-2-4-6-10/h2-8H,1H3.